The lowest BCUT2D eigenvalue weighted by Crippen LogP contribution is -2.47. The maximum Gasteiger partial charge on any atom is 0.224 e. The Morgan fingerprint density at radius 1 is 1.30 bits per heavy atom. The highest BCUT2D eigenvalue weighted by Crippen LogP contribution is 2.41. The molecule has 0 aromatic heterocycles. The lowest BCUT2D eigenvalue weighted by atomic mass is 9.73. The van der Waals surface area contributed by atoms with E-state index in [-0.39, 0.29) is 24.3 Å². The lowest BCUT2D eigenvalue weighted by molar-refractivity contribution is -0.134. The number of ether oxygens (including phenoxy) is 1. The molecule has 1 N–H and O–H groups in total. The molecule has 1 aromatic carbocycles. The molecule has 108 valence electrons. The van der Waals surface area contributed by atoms with Crippen LogP contribution in [0.5, 0.6) is 5.75 Å². The summed E-state index contributed by atoms with van der Waals surface area (Å²) in [6, 6.07) is 8.23. The fraction of sp³-hybridized carbons (Fsp3) is 0.562. The highest BCUT2D eigenvalue weighted by Gasteiger charge is 2.39. The SMILES string of the molecule is O=C(CCO)N1CCC2(CC1)COc1ccccc1C2. The Morgan fingerprint density at radius 2 is 2.05 bits per heavy atom. The van der Waals surface area contributed by atoms with Crippen LogP contribution in [-0.2, 0) is 11.2 Å². The van der Waals surface area contributed by atoms with Crippen molar-refractivity contribution < 1.29 is 14.6 Å². The smallest absolute Gasteiger partial charge is 0.224 e. The number of rotatable bonds is 2. The first kappa shape index (κ1) is 13.4. The minimum absolute atomic E-state index is 0.0586. The Kier molecular flexibility index (Phi) is 3.66. The van der Waals surface area contributed by atoms with Gasteiger partial charge in [-0.3, -0.25) is 4.79 Å². The van der Waals surface area contributed by atoms with Gasteiger partial charge in [0, 0.05) is 24.9 Å². The van der Waals surface area contributed by atoms with E-state index in [1.807, 2.05) is 17.0 Å². The quantitative estimate of drug-likeness (QED) is 0.892. The monoisotopic (exact) mass is 275 g/mol. The number of carbonyl (C=O) groups excluding carboxylic acids is 1. The van der Waals surface area contributed by atoms with E-state index in [9.17, 15) is 4.79 Å². The first-order valence-corrected chi connectivity index (χ1v) is 7.32. The summed E-state index contributed by atoms with van der Waals surface area (Å²) in [6.45, 7) is 2.26. The van der Waals surface area contributed by atoms with E-state index < -0.39 is 0 Å². The summed E-state index contributed by atoms with van der Waals surface area (Å²) in [5, 5.41) is 8.85. The number of benzene rings is 1. The highest BCUT2D eigenvalue weighted by atomic mass is 16.5. The van der Waals surface area contributed by atoms with Crippen LogP contribution < -0.4 is 4.74 Å². The molecule has 1 aromatic rings. The van der Waals surface area contributed by atoms with Gasteiger partial charge in [-0.25, -0.2) is 0 Å². The van der Waals surface area contributed by atoms with Gasteiger partial charge in [0.15, 0.2) is 0 Å². The molecule has 0 unspecified atom stereocenters. The molecule has 2 heterocycles. The van der Waals surface area contributed by atoms with E-state index in [1.165, 1.54) is 5.56 Å². The predicted octanol–water partition coefficient (Wildman–Crippen LogP) is 1.61. The molecule has 2 aliphatic heterocycles. The Balaban J connectivity index is 1.65. The van der Waals surface area contributed by atoms with Crippen molar-refractivity contribution >= 4 is 5.91 Å². The van der Waals surface area contributed by atoms with Crippen molar-refractivity contribution in [3.05, 3.63) is 29.8 Å². The number of hydrogen-bond donors (Lipinski definition) is 1. The predicted molar refractivity (Wildman–Crippen MR) is 75.6 cm³/mol. The summed E-state index contributed by atoms with van der Waals surface area (Å²) in [6.07, 6.45) is 3.26. The van der Waals surface area contributed by atoms with Gasteiger partial charge in [0.1, 0.15) is 5.75 Å². The molecule has 1 amide bonds. The molecule has 0 atom stereocenters. The van der Waals surface area contributed by atoms with Crippen molar-refractivity contribution in [2.45, 2.75) is 25.7 Å². The van der Waals surface area contributed by atoms with Crippen LogP contribution >= 0.6 is 0 Å². The molecule has 0 aliphatic carbocycles. The van der Waals surface area contributed by atoms with Crippen molar-refractivity contribution in [2.24, 2.45) is 5.41 Å². The molecule has 1 fully saturated rings. The number of hydrogen-bond acceptors (Lipinski definition) is 3. The third-order valence-corrected chi connectivity index (χ3v) is 4.57. The van der Waals surface area contributed by atoms with E-state index in [4.69, 9.17) is 9.84 Å². The topological polar surface area (TPSA) is 49.8 Å². The van der Waals surface area contributed by atoms with Crippen LogP contribution in [0.25, 0.3) is 0 Å². The van der Waals surface area contributed by atoms with Crippen LogP contribution in [0.3, 0.4) is 0 Å². The van der Waals surface area contributed by atoms with Crippen molar-refractivity contribution in [1.82, 2.24) is 4.90 Å². The van der Waals surface area contributed by atoms with Crippen LogP contribution in [0.4, 0.5) is 0 Å². The molecule has 3 rings (SSSR count). The Labute approximate surface area is 119 Å². The average molecular weight is 275 g/mol. The summed E-state index contributed by atoms with van der Waals surface area (Å²) in [7, 11) is 0. The van der Waals surface area contributed by atoms with Gasteiger partial charge in [0.2, 0.25) is 5.91 Å². The van der Waals surface area contributed by atoms with E-state index in [2.05, 4.69) is 12.1 Å². The zero-order valence-corrected chi connectivity index (χ0v) is 11.7. The number of aliphatic hydroxyl groups excluding tert-OH is 1. The molecule has 0 bridgehead atoms. The van der Waals surface area contributed by atoms with Crippen molar-refractivity contribution in [3.8, 4) is 5.75 Å². The summed E-state index contributed by atoms with van der Waals surface area (Å²) in [5.74, 6) is 1.08. The van der Waals surface area contributed by atoms with E-state index in [1.54, 1.807) is 0 Å². The Morgan fingerprint density at radius 3 is 2.80 bits per heavy atom. The molecular weight excluding hydrogens is 254 g/mol. The van der Waals surface area contributed by atoms with Gasteiger partial charge in [0.05, 0.1) is 13.2 Å². The van der Waals surface area contributed by atoms with Crippen molar-refractivity contribution in [1.29, 1.82) is 0 Å². The molecule has 1 spiro atoms. The molecule has 20 heavy (non-hydrogen) atoms. The van der Waals surface area contributed by atoms with Crippen LogP contribution in [0.2, 0.25) is 0 Å². The minimum Gasteiger partial charge on any atom is -0.493 e. The fourth-order valence-corrected chi connectivity index (χ4v) is 3.28. The van der Waals surface area contributed by atoms with Gasteiger partial charge in [-0.2, -0.15) is 0 Å². The third kappa shape index (κ3) is 2.52. The second-order valence-electron chi connectivity index (χ2n) is 5.93. The van der Waals surface area contributed by atoms with E-state index in [0.717, 1.165) is 44.7 Å². The average Bonchev–Trinajstić information content (AvgIpc) is 2.48. The summed E-state index contributed by atoms with van der Waals surface area (Å²) >= 11 is 0. The molecule has 2 aliphatic rings. The minimum atomic E-state index is -0.0586. The third-order valence-electron chi connectivity index (χ3n) is 4.57. The number of likely N-dealkylation sites (tertiary alicyclic amines) is 1. The normalized spacial score (nSPS) is 20.4. The number of piperidine rings is 1. The Bertz CT molecular complexity index is 492. The molecule has 0 radical (unpaired) electrons. The first-order chi connectivity index (χ1) is 9.72. The van der Waals surface area contributed by atoms with Crippen LogP contribution in [0.15, 0.2) is 24.3 Å². The van der Waals surface area contributed by atoms with Crippen molar-refractivity contribution in [3.63, 3.8) is 0 Å². The zero-order chi connectivity index (χ0) is 14.0. The fourth-order valence-electron chi connectivity index (χ4n) is 3.28. The van der Waals surface area contributed by atoms with Gasteiger partial charge >= 0.3 is 0 Å². The lowest BCUT2D eigenvalue weighted by Gasteiger charge is -2.44. The molecular formula is C16H21NO3. The molecule has 0 saturated carbocycles. The first-order valence-electron chi connectivity index (χ1n) is 7.32. The number of para-hydroxylation sites is 1. The van der Waals surface area contributed by atoms with Gasteiger partial charge in [-0.1, -0.05) is 18.2 Å². The Hall–Kier alpha value is -1.55. The van der Waals surface area contributed by atoms with Gasteiger partial charge in [-0.05, 0) is 30.9 Å². The van der Waals surface area contributed by atoms with Gasteiger partial charge in [0.25, 0.3) is 0 Å². The van der Waals surface area contributed by atoms with Crippen LogP contribution in [0, 0.1) is 5.41 Å². The van der Waals surface area contributed by atoms with Gasteiger partial charge < -0.3 is 14.7 Å². The number of nitrogens with zero attached hydrogens (tertiary/aromatic N) is 1. The number of fused-ring (bicyclic) bond motifs is 1. The summed E-state index contributed by atoms with van der Waals surface area (Å²) in [5.41, 5.74) is 1.47. The standard InChI is InChI=1S/C16H21NO3/c18-10-5-15(19)17-8-6-16(7-9-17)11-13-3-1-2-4-14(13)20-12-16/h1-4,18H,5-12H2. The maximum atomic E-state index is 11.8. The van der Waals surface area contributed by atoms with Crippen LogP contribution in [0.1, 0.15) is 24.8 Å². The van der Waals surface area contributed by atoms with Crippen LogP contribution in [-0.4, -0.2) is 42.2 Å². The zero-order valence-electron chi connectivity index (χ0n) is 11.7. The molecule has 1 saturated heterocycles. The number of carbonyl (C=O) groups is 1. The summed E-state index contributed by atoms with van der Waals surface area (Å²) in [4.78, 5) is 13.7. The van der Waals surface area contributed by atoms with E-state index in [0.29, 0.717) is 0 Å². The van der Waals surface area contributed by atoms with E-state index >= 15 is 0 Å². The molecule has 4 heteroatoms. The maximum absolute atomic E-state index is 11.8. The number of aliphatic hydroxyl groups is 1. The van der Waals surface area contributed by atoms with Crippen molar-refractivity contribution in [2.75, 3.05) is 26.3 Å². The summed E-state index contributed by atoms with van der Waals surface area (Å²) < 4.78 is 5.92. The largest absolute Gasteiger partial charge is 0.493 e. The van der Waals surface area contributed by atoms with Gasteiger partial charge in [-0.15, -0.1) is 0 Å². The molecule has 4 nitrogen and oxygen atoms in total. The second-order valence-corrected chi connectivity index (χ2v) is 5.93. The highest BCUT2D eigenvalue weighted by molar-refractivity contribution is 5.76. The number of amides is 1. The second kappa shape index (κ2) is 5.44.